The maximum atomic E-state index is 11.3. The van der Waals surface area contributed by atoms with Crippen LogP contribution in [-0.4, -0.2) is 39.4 Å². The van der Waals surface area contributed by atoms with E-state index in [9.17, 15) is 20.0 Å². The van der Waals surface area contributed by atoms with Crippen molar-refractivity contribution >= 4 is 11.7 Å². The first-order chi connectivity index (χ1) is 19.1. The van der Waals surface area contributed by atoms with E-state index in [4.69, 9.17) is 14.4 Å². The van der Waals surface area contributed by atoms with E-state index >= 15 is 0 Å². The zero-order valence-electron chi connectivity index (χ0n) is 22.9. The Morgan fingerprint density at radius 1 is 1.15 bits per heavy atom. The average Bonchev–Trinajstić information content (AvgIpc) is 3.35. The van der Waals surface area contributed by atoms with Crippen molar-refractivity contribution in [3.05, 3.63) is 92.8 Å². The maximum absolute atomic E-state index is 11.3. The van der Waals surface area contributed by atoms with Crippen LogP contribution >= 0.6 is 0 Å². The Kier molecular flexibility index (Phi) is 8.81. The fourth-order valence-electron chi connectivity index (χ4n) is 4.77. The van der Waals surface area contributed by atoms with Crippen LogP contribution in [0.4, 0.5) is 5.69 Å². The Bertz CT molecular complexity index is 1460. The molecule has 1 aromatic heterocycles. The molecule has 1 aliphatic carbocycles. The molecular weight excluding hydrogens is 514 g/mol. The van der Waals surface area contributed by atoms with Crippen LogP contribution in [0.25, 0.3) is 22.6 Å². The lowest BCUT2D eigenvalue weighted by Crippen LogP contribution is -2.27. The van der Waals surface area contributed by atoms with Gasteiger partial charge in [-0.05, 0) is 49.1 Å². The monoisotopic (exact) mass is 547 g/mol. The summed E-state index contributed by atoms with van der Waals surface area (Å²) in [7, 11) is 0. The van der Waals surface area contributed by atoms with Gasteiger partial charge in [-0.25, -0.2) is 0 Å². The van der Waals surface area contributed by atoms with Gasteiger partial charge < -0.3 is 19.5 Å². The van der Waals surface area contributed by atoms with Gasteiger partial charge in [-0.15, -0.1) is 0 Å². The molecule has 3 N–H and O–H groups in total. The van der Waals surface area contributed by atoms with Crippen molar-refractivity contribution in [1.82, 2.24) is 10.5 Å². The first-order valence-electron chi connectivity index (χ1n) is 13.1. The van der Waals surface area contributed by atoms with Crippen molar-refractivity contribution in [3.8, 4) is 22.6 Å². The van der Waals surface area contributed by atoms with Gasteiger partial charge in [0.05, 0.1) is 22.7 Å². The van der Waals surface area contributed by atoms with Crippen molar-refractivity contribution < 1.29 is 29.2 Å². The molecule has 3 unspecified atom stereocenters. The highest BCUT2D eigenvalue weighted by Crippen LogP contribution is 2.38. The predicted octanol–water partition coefficient (Wildman–Crippen LogP) is 5.57. The zero-order chi connectivity index (χ0) is 29.0. The number of carbonyl (C=O) groups is 1. The van der Waals surface area contributed by atoms with Gasteiger partial charge in [0.1, 0.15) is 18.5 Å². The van der Waals surface area contributed by atoms with E-state index in [0.717, 1.165) is 11.3 Å². The summed E-state index contributed by atoms with van der Waals surface area (Å²) in [5, 5.41) is 38.9. The molecule has 0 radical (unpaired) electrons. The number of nitro groups is 1. The molecule has 10 nitrogen and oxygen atoms in total. The number of nitrogens with one attached hydrogen (secondary N) is 1. The van der Waals surface area contributed by atoms with E-state index < -0.39 is 17.1 Å². The Morgan fingerprint density at radius 2 is 1.88 bits per heavy atom. The second-order valence-corrected chi connectivity index (χ2v) is 10.1. The number of aliphatic hydroxyl groups is 1. The Labute approximate surface area is 232 Å². The fraction of sp³-hybridized carbons (Fsp3) is 0.333. The number of carboxylic acids is 1. The van der Waals surface area contributed by atoms with Crippen LogP contribution < -0.4 is 5.32 Å². The minimum atomic E-state index is -1.20. The minimum Gasteiger partial charge on any atom is -0.496 e. The summed E-state index contributed by atoms with van der Waals surface area (Å²) < 4.78 is 11.7. The van der Waals surface area contributed by atoms with Crippen LogP contribution in [0.3, 0.4) is 0 Å². The summed E-state index contributed by atoms with van der Waals surface area (Å²) >= 11 is 0. The molecule has 210 valence electrons. The zero-order valence-corrected chi connectivity index (χ0v) is 22.9. The maximum Gasteiger partial charge on any atom is 0.307 e. The molecule has 10 heteroatoms. The van der Waals surface area contributed by atoms with Crippen molar-refractivity contribution in [3.63, 3.8) is 0 Å². The van der Waals surface area contributed by atoms with Crippen molar-refractivity contribution in [2.45, 2.75) is 40.3 Å². The number of ether oxygens (including phenoxy) is 1. The lowest BCUT2D eigenvalue weighted by molar-refractivity contribution is -0.384. The van der Waals surface area contributed by atoms with Gasteiger partial charge in [0, 0.05) is 35.7 Å². The summed E-state index contributed by atoms with van der Waals surface area (Å²) in [5.74, 6) is 0.852. The predicted molar refractivity (Wildman–Crippen MR) is 149 cm³/mol. The van der Waals surface area contributed by atoms with Crippen molar-refractivity contribution in [2.24, 2.45) is 11.8 Å². The summed E-state index contributed by atoms with van der Waals surface area (Å²) in [6.07, 6.45) is 2.73. The number of hydrogen-bond donors (Lipinski definition) is 3. The molecule has 1 aliphatic rings. The molecule has 40 heavy (non-hydrogen) atoms. The molecular formula is C30H33N3O7. The molecule has 3 aromatic rings. The van der Waals surface area contributed by atoms with Gasteiger partial charge in [0.25, 0.3) is 5.69 Å². The summed E-state index contributed by atoms with van der Waals surface area (Å²) in [5.41, 5.74) is 4.54. The van der Waals surface area contributed by atoms with Crippen molar-refractivity contribution in [2.75, 3.05) is 13.2 Å². The molecule has 0 spiro atoms. The molecule has 0 amide bonds. The van der Waals surface area contributed by atoms with E-state index in [0.29, 0.717) is 47.0 Å². The standard InChI is InChI=1S/C30H33N3O7/c1-17-5-12-25(20(4)19(17)3)39-14-13-31-30(36)27-28(24-11-6-21(15-18(24)2)16-26(34)35)32-40-29(27)22-7-9-23(10-8-22)33(37)38/h5-12,15,19-20,30-31,36H,13-14,16H2,1-4H3,(H,34,35). The molecule has 0 fully saturated rings. The highest BCUT2D eigenvalue weighted by molar-refractivity contribution is 5.76. The molecule has 0 aliphatic heterocycles. The summed E-state index contributed by atoms with van der Waals surface area (Å²) in [4.78, 5) is 21.8. The smallest absolute Gasteiger partial charge is 0.307 e. The van der Waals surface area contributed by atoms with E-state index in [1.54, 1.807) is 18.2 Å². The molecule has 0 bridgehead atoms. The highest BCUT2D eigenvalue weighted by Gasteiger charge is 2.27. The van der Waals surface area contributed by atoms with Crippen LogP contribution in [-0.2, 0) is 16.0 Å². The topological polar surface area (TPSA) is 148 Å². The summed E-state index contributed by atoms with van der Waals surface area (Å²) in [6.45, 7) is 8.87. The lowest BCUT2D eigenvalue weighted by Gasteiger charge is -2.27. The van der Waals surface area contributed by atoms with Gasteiger partial charge in [-0.2, -0.15) is 0 Å². The SMILES string of the molecule is CC1=CC=C(OCCNC(O)c2c(-c3ccc(CC(=O)O)cc3C)noc2-c2ccc([N+](=O)[O-])cc2)C(C)C1C. The number of carboxylic acid groups (broad SMARTS) is 1. The second kappa shape index (κ2) is 12.3. The van der Waals surface area contributed by atoms with Gasteiger partial charge in [0.2, 0.25) is 0 Å². The van der Waals surface area contributed by atoms with Crippen LogP contribution in [0.1, 0.15) is 43.7 Å². The third-order valence-electron chi connectivity index (χ3n) is 7.38. The normalized spacial score (nSPS) is 17.6. The van der Waals surface area contributed by atoms with Crippen LogP contribution in [0.15, 0.2) is 70.5 Å². The third-order valence-corrected chi connectivity index (χ3v) is 7.38. The number of hydrogen-bond acceptors (Lipinski definition) is 8. The largest absolute Gasteiger partial charge is 0.496 e. The Hall–Kier alpha value is -4.28. The number of aromatic nitrogens is 1. The number of aliphatic hydroxyl groups excluding tert-OH is 1. The number of non-ortho nitro benzene ring substituents is 1. The van der Waals surface area contributed by atoms with E-state index in [1.165, 1.54) is 29.8 Å². The summed E-state index contributed by atoms with van der Waals surface area (Å²) in [6, 6.07) is 11.0. The van der Waals surface area contributed by atoms with Gasteiger partial charge in [-0.3, -0.25) is 20.2 Å². The van der Waals surface area contributed by atoms with Crippen LogP contribution in [0, 0.1) is 28.9 Å². The van der Waals surface area contributed by atoms with Crippen LogP contribution in [0.5, 0.6) is 0 Å². The highest BCUT2D eigenvalue weighted by atomic mass is 16.6. The van der Waals surface area contributed by atoms with E-state index in [2.05, 4.69) is 37.3 Å². The van der Waals surface area contributed by atoms with E-state index in [-0.39, 0.29) is 23.8 Å². The Morgan fingerprint density at radius 3 is 2.52 bits per heavy atom. The first kappa shape index (κ1) is 28.7. The molecule has 0 saturated carbocycles. The number of allylic oxidation sites excluding steroid dienone is 4. The number of nitro benzene ring substituents is 1. The quantitative estimate of drug-likeness (QED) is 0.121. The van der Waals surface area contributed by atoms with E-state index in [1.807, 2.05) is 13.0 Å². The third kappa shape index (κ3) is 6.30. The molecule has 0 saturated heterocycles. The number of rotatable bonds is 11. The lowest BCUT2D eigenvalue weighted by atomic mass is 9.84. The van der Waals surface area contributed by atoms with Crippen LogP contribution in [0.2, 0.25) is 0 Å². The number of benzene rings is 2. The first-order valence-corrected chi connectivity index (χ1v) is 13.1. The molecule has 2 aromatic carbocycles. The number of aryl methyl sites for hydroxylation is 1. The minimum absolute atomic E-state index is 0.0728. The molecule has 1 heterocycles. The fourth-order valence-corrected chi connectivity index (χ4v) is 4.77. The second-order valence-electron chi connectivity index (χ2n) is 10.1. The van der Waals surface area contributed by atoms with Crippen molar-refractivity contribution in [1.29, 1.82) is 0 Å². The molecule has 3 atom stereocenters. The number of aliphatic carboxylic acids is 1. The van der Waals surface area contributed by atoms with Gasteiger partial charge in [-0.1, -0.05) is 48.9 Å². The molecule has 4 rings (SSSR count). The van der Waals surface area contributed by atoms with Gasteiger partial charge >= 0.3 is 5.97 Å². The Balaban J connectivity index is 1.60. The average molecular weight is 548 g/mol. The number of nitrogens with zero attached hydrogens (tertiary/aromatic N) is 2. The van der Waals surface area contributed by atoms with Gasteiger partial charge in [0.15, 0.2) is 5.76 Å².